The minimum Gasteiger partial charge on any atom is -0.501 e. The van der Waals surface area contributed by atoms with Gasteiger partial charge in [-0.2, -0.15) is 0 Å². The van der Waals surface area contributed by atoms with Crippen LogP contribution >= 0.6 is 0 Å². The monoisotopic (exact) mass is 444 g/mol. The number of nitrogens with zero attached hydrogens (tertiary/aromatic N) is 2. The maximum Gasteiger partial charge on any atom is 0.296 e. The molecule has 2 amide bonds. The van der Waals surface area contributed by atoms with Gasteiger partial charge >= 0.3 is 0 Å². The third-order valence-electron chi connectivity index (χ3n) is 6.21. The van der Waals surface area contributed by atoms with Crippen LogP contribution in [0, 0.1) is 11.7 Å². The predicted octanol–water partition coefficient (Wildman–Crippen LogP) is 1.18. The third kappa shape index (κ3) is 4.10. The maximum atomic E-state index is 13.1. The number of aromatic hydroxyl groups is 1. The lowest BCUT2D eigenvalue weighted by Gasteiger charge is -2.37. The van der Waals surface area contributed by atoms with Gasteiger partial charge in [0.15, 0.2) is 5.69 Å². The molecule has 2 aromatic rings. The number of ether oxygens (including phenoxy) is 1. The third-order valence-corrected chi connectivity index (χ3v) is 6.21. The molecule has 32 heavy (non-hydrogen) atoms. The first-order valence-corrected chi connectivity index (χ1v) is 10.5. The number of benzene rings is 1. The summed E-state index contributed by atoms with van der Waals surface area (Å²) in [4.78, 5) is 42.6. The molecule has 3 N–H and O–H groups in total. The van der Waals surface area contributed by atoms with E-state index < -0.39 is 34.3 Å². The van der Waals surface area contributed by atoms with Crippen LogP contribution in [0.25, 0.3) is 0 Å². The number of hydrogen-bond acceptors (Lipinski definition) is 6. The highest BCUT2D eigenvalue weighted by molar-refractivity contribution is 5.94. The lowest BCUT2D eigenvalue weighted by molar-refractivity contribution is -0.127. The molecule has 1 fully saturated rings. The number of nitrogens with one attached hydrogen (secondary N) is 2. The molecule has 0 spiro atoms. The van der Waals surface area contributed by atoms with Crippen molar-refractivity contribution in [1.29, 1.82) is 0 Å². The van der Waals surface area contributed by atoms with Crippen molar-refractivity contribution in [3.05, 3.63) is 57.5 Å². The number of halogens is 1. The van der Waals surface area contributed by atoms with E-state index >= 15 is 0 Å². The zero-order valence-electron chi connectivity index (χ0n) is 17.7. The van der Waals surface area contributed by atoms with Crippen LogP contribution in [-0.2, 0) is 28.2 Å². The summed E-state index contributed by atoms with van der Waals surface area (Å²) in [5.74, 6) is -1.70. The summed E-state index contributed by atoms with van der Waals surface area (Å²) < 4.78 is 19.4. The summed E-state index contributed by atoms with van der Waals surface area (Å²) in [7, 11) is 1.42. The van der Waals surface area contributed by atoms with Crippen LogP contribution in [0.2, 0.25) is 0 Å². The fourth-order valence-corrected chi connectivity index (χ4v) is 4.56. The summed E-state index contributed by atoms with van der Waals surface area (Å²) in [6, 6.07) is 5.59. The first kappa shape index (κ1) is 21.9. The summed E-state index contributed by atoms with van der Waals surface area (Å²) in [5, 5.41) is 16.0. The molecule has 2 bridgehead atoms. The topological polar surface area (TPSA) is 123 Å². The van der Waals surface area contributed by atoms with Gasteiger partial charge in [-0.25, -0.2) is 9.37 Å². The number of aromatic nitrogens is 2. The zero-order valence-corrected chi connectivity index (χ0v) is 17.7. The van der Waals surface area contributed by atoms with Gasteiger partial charge in [0.05, 0.1) is 5.54 Å². The van der Waals surface area contributed by atoms with Crippen molar-refractivity contribution in [2.45, 2.75) is 44.3 Å². The highest BCUT2D eigenvalue weighted by atomic mass is 19.1. The second-order valence-electron chi connectivity index (χ2n) is 8.36. The van der Waals surface area contributed by atoms with Gasteiger partial charge in [0.2, 0.25) is 11.7 Å². The molecule has 0 saturated heterocycles. The Labute approximate surface area is 183 Å². The normalized spacial score (nSPS) is 21.5. The Kier molecular flexibility index (Phi) is 5.96. The van der Waals surface area contributed by atoms with Crippen molar-refractivity contribution < 1.29 is 23.8 Å². The molecule has 1 aromatic heterocycles. The van der Waals surface area contributed by atoms with E-state index in [-0.39, 0.29) is 30.8 Å². The lowest BCUT2D eigenvalue weighted by Crippen LogP contribution is -2.50. The highest BCUT2D eigenvalue weighted by Gasteiger charge is 2.45. The molecule has 1 aromatic carbocycles. The van der Waals surface area contributed by atoms with E-state index in [2.05, 4.69) is 15.6 Å². The SMILES string of the molecule is COCC(=O)NC12CCC(CC1)Cn1c2nc(C(=O)NCc2ccc(F)cc2)c(O)c1=O. The van der Waals surface area contributed by atoms with E-state index in [9.17, 15) is 23.9 Å². The molecule has 0 atom stereocenters. The van der Waals surface area contributed by atoms with Crippen molar-refractivity contribution in [1.82, 2.24) is 20.2 Å². The Balaban J connectivity index is 1.68. The molecule has 1 saturated carbocycles. The Morgan fingerprint density at radius 1 is 1.28 bits per heavy atom. The molecule has 5 rings (SSSR count). The van der Waals surface area contributed by atoms with E-state index in [0.717, 1.165) is 12.8 Å². The fraction of sp³-hybridized carbons (Fsp3) is 0.455. The lowest BCUT2D eigenvalue weighted by atomic mass is 9.77. The molecular formula is C22H25FN4O5. The second-order valence-corrected chi connectivity index (χ2v) is 8.36. The number of methoxy groups -OCH3 is 1. The summed E-state index contributed by atoms with van der Waals surface area (Å²) in [6.45, 7) is 0.295. The highest BCUT2D eigenvalue weighted by Crippen LogP contribution is 2.42. The first-order valence-electron chi connectivity index (χ1n) is 10.5. The van der Waals surface area contributed by atoms with Gasteiger partial charge in [-0.05, 0) is 49.3 Å². The number of rotatable bonds is 6. The largest absolute Gasteiger partial charge is 0.501 e. The van der Waals surface area contributed by atoms with E-state index in [4.69, 9.17) is 4.74 Å². The smallest absolute Gasteiger partial charge is 0.296 e. The van der Waals surface area contributed by atoms with Crippen molar-refractivity contribution in [2.75, 3.05) is 13.7 Å². The number of hydrogen-bond donors (Lipinski definition) is 3. The van der Waals surface area contributed by atoms with Crippen LogP contribution in [0.3, 0.4) is 0 Å². The Bertz CT molecular complexity index is 1090. The van der Waals surface area contributed by atoms with Gasteiger partial charge in [-0.3, -0.25) is 19.0 Å². The van der Waals surface area contributed by atoms with Crippen LogP contribution in [0.5, 0.6) is 5.75 Å². The van der Waals surface area contributed by atoms with Crippen molar-refractivity contribution in [2.24, 2.45) is 5.92 Å². The molecule has 10 heteroatoms. The fourth-order valence-electron chi connectivity index (χ4n) is 4.56. The van der Waals surface area contributed by atoms with E-state index in [1.807, 2.05) is 0 Å². The summed E-state index contributed by atoms with van der Waals surface area (Å²) in [5.41, 5.74) is -1.37. The number of carbonyl (C=O) groups excluding carboxylic acids is 2. The second kappa shape index (κ2) is 8.70. The number of fused-ring (bicyclic) bond motifs is 2. The molecule has 9 nitrogen and oxygen atoms in total. The predicted molar refractivity (Wildman–Crippen MR) is 111 cm³/mol. The Morgan fingerprint density at radius 3 is 2.62 bits per heavy atom. The van der Waals surface area contributed by atoms with Crippen LogP contribution < -0.4 is 16.2 Å². The van der Waals surface area contributed by atoms with Gasteiger partial charge in [0.25, 0.3) is 11.5 Å². The quantitative estimate of drug-likeness (QED) is 0.615. The van der Waals surface area contributed by atoms with Crippen LogP contribution in [0.15, 0.2) is 29.1 Å². The molecular weight excluding hydrogens is 419 g/mol. The van der Waals surface area contributed by atoms with E-state index in [0.29, 0.717) is 24.9 Å². The van der Waals surface area contributed by atoms with E-state index in [1.165, 1.54) is 35.9 Å². The number of amides is 2. The average molecular weight is 444 g/mol. The maximum absolute atomic E-state index is 13.1. The molecule has 170 valence electrons. The minimum absolute atomic E-state index is 0.0659. The van der Waals surface area contributed by atoms with Crippen molar-refractivity contribution >= 4 is 11.8 Å². The molecule has 0 radical (unpaired) electrons. The van der Waals surface area contributed by atoms with Gasteiger partial charge in [-0.15, -0.1) is 0 Å². The minimum atomic E-state index is -0.915. The molecule has 1 aliphatic carbocycles. The zero-order chi connectivity index (χ0) is 22.9. The van der Waals surface area contributed by atoms with Crippen LogP contribution in [-0.4, -0.2) is 40.2 Å². The number of carbonyl (C=O) groups is 2. The van der Waals surface area contributed by atoms with Gasteiger partial charge in [0, 0.05) is 20.2 Å². The van der Waals surface area contributed by atoms with E-state index in [1.54, 1.807) is 0 Å². The van der Waals surface area contributed by atoms with Gasteiger partial charge < -0.3 is 20.5 Å². The molecule has 3 aliphatic rings. The average Bonchev–Trinajstić information content (AvgIpc) is 3.02. The van der Waals surface area contributed by atoms with Crippen LogP contribution in [0.1, 0.15) is 47.6 Å². The molecule has 3 heterocycles. The standard InChI is InChI=1S/C22H25FN4O5/c1-32-12-16(28)26-22-8-6-14(7-9-22)11-27-20(31)18(29)17(25-21(22)27)19(30)24-10-13-2-4-15(23)5-3-13/h2-5,14,29H,6-12H2,1H3,(H,24,30)(H,26,28). The van der Waals surface area contributed by atoms with Crippen LogP contribution in [0.4, 0.5) is 4.39 Å². The Hall–Kier alpha value is -3.27. The van der Waals surface area contributed by atoms with Gasteiger partial charge in [-0.1, -0.05) is 12.1 Å². The Morgan fingerprint density at radius 2 is 1.97 bits per heavy atom. The van der Waals surface area contributed by atoms with Crippen molar-refractivity contribution in [3.63, 3.8) is 0 Å². The van der Waals surface area contributed by atoms with Crippen molar-refractivity contribution in [3.8, 4) is 5.75 Å². The summed E-state index contributed by atoms with van der Waals surface area (Å²) in [6.07, 6.45) is 2.70. The summed E-state index contributed by atoms with van der Waals surface area (Å²) >= 11 is 0. The molecule has 0 unspecified atom stereocenters. The molecule has 2 aliphatic heterocycles. The van der Waals surface area contributed by atoms with Gasteiger partial charge in [0.1, 0.15) is 18.2 Å². The first-order chi connectivity index (χ1) is 15.3.